The van der Waals surface area contributed by atoms with Gasteiger partial charge >= 0.3 is 5.97 Å². The van der Waals surface area contributed by atoms with Gasteiger partial charge in [0, 0.05) is 30.4 Å². The van der Waals surface area contributed by atoms with Crippen molar-refractivity contribution in [3.8, 4) is 17.1 Å². The van der Waals surface area contributed by atoms with E-state index in [1.807, 2.05) is 36.4 Å². The number of hydrogen-bond acceptors (Lipinski definition) is 7. The van der Waals surface area contributed by atoms with Crippen LogP contribution in [0.4, 0.5) is 5.69 Å². The van der Waals surface area contributed by atoms with Crippen LogP contribution in [0.1, 0.15) is 25.7 Å². The lowest BCUT2D eigenvalue weighted by Gasteiger charge is -2.32. The Morgan fingerprint density at radius 3 is 2.54 bits per heavy atom. The fourth-order valence-corrected chi connectivity index (χ4v) is 4.91. The van der Waals surface area contributed by atoms with Gasteiger partial charge in [-0.2, -0.15) is 0 Å². The lowest BCUT2D eigenvalue weighted by Crippen LogP contribution is -2.37. The van der Waals surface area contributed by atoms with Gasteiger partial charge in [0.1, 0.15) is 18.1 Å². The van der Waals surface area contributed by atoms with Crippen LogP contribution in [0.5, 0.6) is 5.75 Å². The molecule has 3 aromatic rings. The molecule has 1 aliphatic heterocycles. The fourth-order valence-electron chi connectivity index (χ4n) is 4.65. The predicted octanol–water partition coefficient (Wildman–Crippen LogP) is 5.06. The summed E-state index contributed by atoms with van der Waals surface area (Å²) in [5, 5.41) is 0.931. The standard InChI is InChI=1S/C27H28ClNO6/c1-32-27(31)18-12-21(13-18)34-11-10-33-20-6-4-17(5-7-20)25-16-24(30)22-14-19(29-8-2-3-9-29)15-23(28)26(22)35-25/h4-7,14-16,18,21H,2-3,8-13H2,1H3. The van der Waals surface area contributed by atoms with Crippen molar-refractivity contribution in [3.63, 3.8) is 0 Å². The number of anilines is 1. The third kappa shape index (κ3) is 5.16. The first-order chi connectivity index (χ1) is 17.0. The molecule has 8 heteroatoms. The molecule has 1 aromatic heterocycles. The summed E-state index contributed by atoms with van der Waals surface area (Å²) in [5.74, 6) is 0.932. The molecular formula is C27H28ClNO6. The molecule has 1 saturated carbocycles. The van der Waals surface area contributed by atoms with Gasteiger partial charge in [0.2, 0.25) is 0 Å². The zero-order valence-corrected chi connectivity index (χ0v) is 20.4. The number of esters is 1. The van der Waals surface area contributed by atoms with Crippen molar-refractivity contribution in [3.05, 3.63) is 57.7 Å². The van der Waals surface area contributed by atoms with Crippen LogP contribution in [0.3, 0.4) is 0 Å². The predicted molar refractivity (Wildman–Crippen MR) is 134 cm³/mol. The van der Waals surface area contributed by atoms with E-state index in [0.717, 1.165) is 37.2 Å². The van der Waals surface area contributed by atoms with E-state index in [9.17, 15) is 9.59 Å². The third-order valence-corrected chi connectivity index (χ3v) is 6.99. The van der Waals surface area contributed by atoms with Gasteiger partial charge < -0.3 is 23.5 Å². The summed E-state index contributed by atoms with van der Waals surface area (Å²) in [5.41, 5.74) is 2.01. The second kappa shape index (κ2) is 10.3. The molecule has 184 valence electrons. The van der Waals surface area contributed by atoms with Crippen LogP contribution in [-0.2, 0) is 14.3 Å². The lowest BCUT2D eigenvalue weighted by atomic mass is 9.82. The summed E-state index contributed by atoms with van der Waals surface area (Å²) >= 11 is 6.52. The van der Waals surface area contributed by atoms with Gasteiger partial charge in [0.15, 0.2) is 11.0 Å². The lowest BCUT2D eigenvalue weighted by molar-refractivity contribution is -0.155. The largest absolute Gasteiger partial charge is 0.491 e. The molecular weight excluding hydrogens is 470 g/mol. The normalized spacial score (nSPS) is 19.5. The van der Waals surface area contributed by atoms with Crippen LogP contribution in [0, 0.1) is 5.92 Å². The molecule has 35 heavy (non-hydrogen) atoms. The van der Waals surface area contributed by atoms with E-state index in [0.29, 0.717) is 53.6 Å². The van der Waals surface area contributed by atoms with E-state index in [4.69, 9.17) is 30.2 Å². The fraction of sp³-hybridized carbons (Fsp3) is 0.407. The van der Waals surface area contributed by atoms with Crippen molar-refractivity contribution in [2.24, 2.45) is 5.92 Å². The third-order valence-electron chi connectivity index (χ3n) is 6.71. The van der Waals surface area contributed by atoms with Crippen molar-refractivity contribution >= 4 is 34.2 Å². The van der Waals surface area contributed by atoms with E-state index in [1.165, 1.54) is 13.2 Å². The Kier molecular flexibility index (Phi) is 6.97. The molecule has 0 bridgehead atoms. The van der Waals surface area contributed by atoms with Gasteiger partial charge in [-0.3, -0.25) is 9.59 Å². The van der Waals surface area contributed by atoms with Gasteiger partial charge in [-0.1, -0.05) is 11.6 Å². The van der Waals surface area contributed by atoms with Crippen LogP contribution < -0.4 is 15.1 Å². The quantitative estimate of drug-likeness (QED) is 0.318. The Labute approximate surface area is 208 Å². The highest BCUT2D eigenvalue weighted by atomic mass is 35.5. The molecule has 1 saturated heterocycles. The number of benzene rings is 2. The van der Waals surface area contributed by atoms with Crippen molar-refractivity contribution in [2.45, 2.75) is 31.8 Å². The molecule has 0 unspecified atom stereocenters. The first kappa shape index (κ1) is 23.7. The number of rotatable bonds is 8. The van der Waals surface area contributed by atoms with Crippen molar-refractivity contribution in [2.75, 3.05) is 38.3 Å². The molecule has 2 aromatic carbocycles. The average Bonchev–Trinajstić information content (AvgIpc) is 3.38. The molecule has 0 N–H and O–H groups in total. The summed E-state index contributed by atoms with van der Waals surface area (Å²) in [7, 11) is 1.41. The molecule has 0 amide bonds. The molecule has 2 heterocycles. The number of carbonyl (C=O) groups excluding carboxylic acids is 1. The molecule has 0 spiro atoms. The van der Waals surface area contributed by atoms with Crippen LogP contribution in [-0.4, -0.2) is 45.5 Å². The number of hydrogen-bond donors (Lipinski definition) is 0. The Morgan fingerprint density at radius 1 is 1.09 bits per heavy atom. The van der Waals surface area contributed by atoms with Gasteiger partial charge in [-0.25, -0.2) is 0 Å². The molecule has 0 radical (unpaired) electrons. The van der Waals surface area contributed by atoms with Crippen LogP contribution in [0.15, 0.2) is 51.7 Å². The topological polar surface area (TPSA) is 78.2 Å². The molecule has 0 atom stereocenters. The van der Waals surface area contributed by atoms with Crippen LogP contribution in [0.25, 0.3) is 22.3 Å². The highest BCUT2D eigenvalue weighted by Gasteiger charge is 2.35. The summed E-state index contributed by atoms with van der Waals surface area (Å²) in [6, 6.07) is 12.6. The maximum Gasteiger partial charge on any atom is 0.308 e. The smallest absolute Gasteiger partial charge is 0.308 e. The minimum atomic E-state index is -0.169. The second-order valence-corrected chi connectivity index (χ2v) is 9.44. The average molecular weight is 498 g/mol. The maximum atomic E-state index is 12.9. The number of halogens is 1. The van der Waals surface area contributed by atoms with E-state index in [-0.39, 0.29) is 23.4 Å². The maximum absolute atomic E-state index is 12.9. The number of methoxy groups -OCH3 is 1. The minimum absolute atomic E-state index is 0.0457. The van der Waals surface area contributed by atoms with Crippen molar-refractivity contribution < 1.29 is 23.4 Å². The second-order valence-electron chi connectivity index (χ2n) is 9.03. The minimum Gasteiger partial charge on any atom is -0.491 e. The highest BCUT2D eigenvalue weighted by Crippen LogP contribution is 2.33. The van der Waals surface area contributed by atoms with Crippen molar-refractivity contribution in [1.82, 2.24) is 0 Å². The van der Waals surface area contributed by atoms with Crippen LogP contribution in [0.2, 0.25) is 5.02 Å². The Balaban J connectivity index is 1.20. The van der Waals surface area contributed by atoms with Crippen molar-refractivity contribution in [1.29, 1.82) is 0 Å². The zero-order chi connectivity index (χ0) is 24.4. The number of nitrogens with zero attached hydrogens (tertiary/aromatic N) is 1. The number of fused-ring (bicyclic) bond motifs is 1. The monoisotopic (exact) mass is 497 g/mol. The van der Waals surface area contributed by atoms with Gasteiger partial charge in [0.25, 0.3) is 0 Å². The number of ether oxygens (including phenoxy) is 3. The summed E-state index contributed by atoms with van der Waals surface area (Å²) in [6.07, 6.45) is 3.77. The van der Waals surface area contributed by atoms with E-state index in [2.05, 4.69) is 4.90 Å². The summed E-state index contributed by atoms with van der Waals surface area (Å²) in [4.78, 5) is 26.5. The molecule has 2 aliphatic rings. The Hall–Kier alpha value is -3.03. The molecule has 1 aliphatic carbocycles. The number of carbonyl (C=O) groups is 1. The van der Waals surface area contributed by atoms with Gasteiger partial charge in [-0.05, 0) is 62.1 Å². The van der Waals surface area contributed by atoms with Gasteiger partial charge in [-0.15, -0.1) is 0 Å². The van der Waals surface area contributed by atoms with E-state index < -0.39 is 0 Å². The van der Waals surface area contributed by atoms with E-state index in [1.54, 1.807) is 0 Å². The zero-order valence-electron chi connectivity index (χ0n) is 19.6. The SMILES string of the molecule is COC(=O)C1CC(OCCOc2ccc(-c3cc(=O)c4cc(N5CCCC5)cc(Cl)c4o3)cc2)C1. The van der Waals surface area contributed by atoms with E-state index >= 15 is 0 Å². The Morgan fingerprint density at radius 2 is 1.83 bits per heavy atom. The highest BCUT2D eigenvalue weighted by molar-refractivity contribution is 6.35. The Bertz CT molecular complexity index is 1260. The first-order valence-corrected chi connectivity index (χ1v) is 12.3. The molecule has 5 rings (SSSR count). The molecule has 7 nitrogen and oxygen atoms in total. The van der Waals surface area contributed by atoms with Gasteiger partial charge in [0.05, 0.1) is 36.1 Å². The summed E-state index contributed by atoms with van der Waals surface area (Å²) in [6.45, 7) is 2.79. The molecule has 2 fully saturated rings. The summed E-state index contributed by atoms with van der Waals surface area (Å²) < 4.78 is 22.3. The first-order valence-electron chi connectivity index (χ1n) is 12.0. The van der Waals surface area contributed by atoms with Crippen LogP contribution >= 0.6 is 11.6 Å².